The number of aromatic amines is 1. The molecule has 1 amide bonds. The summed E-state index contributed by atoms with van der Waals surface area (Å²) in [6.45, 7) is 4.68. The van der Waals surface area contributed by atoms with Gasteiger partial charge in [0.2, 0.25) is 0 Å². The van der Waals surface area contributed by atoms with Crippen molar-refractivity contribution in [2.45, 2.75) is 20.4 Å². The molecule has 0 saturated heterocycles. The van der Waals surface area contributed by atoms with Crippen LogP contribution >= 0.6 is 11.3 Å². The Morgan fingerprint density at radius 1 is 1.10 bits per heavy atom. The molecule has 2 heterocycles. The van der Waals surface area contributed by atoms with E-state index in [-0.39, 0.29) is 18.0 Å². The van der Waals surface area contributed by atoms with E-state index in [0.717, 1.165) is 22.2 Å². The highest BCUT2D eigenvalue weighted by Gasteiger charge is 2.21. The molecule has 0 fully saturated rings. The summed E-state index contributed by atoms with van der Waals surface area (Å²) >= 11 is 1.38. The molecular weight excluding hydrogens is 396 g/mol. The van der Waals surface area contributed by atoms with E-state index >= 15 is 0 Å². The minimum Gasteiger partial charge on any atom is -0.494 e. The number of fused-ring (bicyclic) bond motifs is 1. The number of amides is 1. The average molecular weight is 419 g/mol. The molecule has 5 nitrogen and oxygen atoms in total. The van der Waals surface area contributed by atoms with Crippen LogP contribution in [0.15, 0.2) is 70.8 Å². The number of aromatic nitrogens is 1. The Kier molecular flexibility index (Phi) is 5.68. The first-order valence-corrected chi connectivity index (χ1v) is 10.6. The standard InChI is InChI=1S/C24H22N2O3S/c1-3-29-20-9-7-19(8-10-20)26(24(28)22-5-4-12-30-22)15-18-14-17-13-16(2)6-11-21(17)25-23(18)27/h4-14H,3,15H2,1-2H3,(H,25,27). The number of ether oxygens (including phenoxy) is 1. The van der Waals surface area contributed by atoms with Gasteiger partial charge < -0.3 is 14.6 Å². The molecule has 0 bridgehead atoms. The molecule has 0 radical (unpaired) electrons. The van der Waals surface area contributed by atoms with Gasteiger partial charge in [-0.25, -0.2) is 0 Å². The van der Waals surface area contributed by atoms with Crippen LogP contribution in [0.3, 0.4) is 0 Å². The number of hydrogen-bond acceptors (Lipinski definition) is 4. The van der Waals surface area contributed by atoms with Gasteiger partial charge in [-0.15, -0.1) is 11.3 Å². The number of H-pyrrole nitrogens is 1. The summed E-state index contributed by atoms with van der Waals surface area (Å²) in [7, 11) is 0. The third kappa shape index (κ3) is 4.14. The molecule has 30 heavy (non-hydrogen) atoms. The van der Waals surface area contributed by atoms with Crippen LogP contribution in [0.1, 0.15) is 27.7 Å². The molecule has 0 spiro atoms. The molecule has 6 heteroatoms. The Morgan fingerprint density at radius 2 is 1.90 bits per heavy atom. The number of pyridine rings is 1. The normalized spacial score (nSPS) is 10.9. The molecule has 0 aliphatic rings. The third-order valence-electron chi connectivity index (χ3n) is 4.84. The van der Waals surface area contributed by atoms with Gasteiger partial charge in [-0.2, -0.15) is 0 Å². The lowest BCUT2D eigenvalue weighted by Gasteiger charge is -2.22. The fraction of sp³-hybridized carbons (Fsp3) is 0.167. The van der Waals surface area contributed by atoms with Crippen molar-refractivity contribution >= 4 is 33.8 Å². The van der Waals surface area contributed by atoms with Crippen LogP contribution in [0.4, 0.5) is 5.69 Å². The number of carbonyl (C=O) groups excluding carboxylic acids is 1. The molecule has 2 aromatic carbocycles. The first kappa shape index (κ1) is 19.9. The number of carbonyl (C=O) groups is 1. The summed E-state index contributed by atoms with van der Waals surface area (Å²) < 4.78 is 5.51. The van der Waals surface area contributed by atoms with E-state index < -0.39 is 0 Å². The van der Waals surface area contributed by atoms with Crippen LogP contribution in [0.25, 0.3) is 10.9 Å². The van der Waals surface area contributed by atoms with Crippen LogP contribution < -0.4 is 15.2 Å². The smallest absolute Gasteiger partial charge is 0.268 e. The van der Waals surface area contributed by atoms with Crippen molar-refractivity contribution in [3.05, 3.63) is 92.4 Å². The molecule has 152 valence electrons. The van der Waals surface area contributed by atoms with Crippen LogP contribution in [0.5, 0.6) is 5.75 Å². The van der Waals surface area contributed by atoms with E-state index in [2.05, 4.69) is 4.98 Å². The highest BCUT2D eigenvalue weighted by atomic mass is 32.1. The fourth-order valence-electron chi connectivity index (χ4n) is 3.36. The lowest BCUT2D eigenvalue weighted by molar-refractivity contribution is 0.0989. The summed E-state index contributed by atoms with van der Waals surface area (Å²) in [4.78, 5) is 31.2. The molecule has 0 atom stereocenters. The Balaban J connectivity index is 1.74. The minimum atomic E-state index is -0.193. The first-order chi connectivity index (χ1) is 14.5. The minimum absolute atomic E-state index is 0.141. The van der Waals surface area contributed by atoms with Gasteiger partial charge in [-0.1, -0.05) is 17.7 Å². The maximum Gasteiger partial charge on any atom is 0.268 e. The van der Waals surface area contributed by atoms with E-state index in [1.807, 2.05) is 73.8 Å². The van der Waals surface area contributed by atoms with Gasteiger partial charge in [0, 0.05) is 16.8 Å². The predicted molar refractivity (Wildman–Crippen MR) is 122 cm³/mol. The molecule has 0 aliphatic carbocycles. The number of rotatable bonds is 6. The van der Waals surface area contributed by atoms with E-state index in [1.54, 1.807) is 11.0 Å². The predicted octanol–water partition coefficient (Wildman–Crippen LogP) is 5.14. The molecule has 0 saturated carbocycles. The van der Waals surface area contributed by atoms with Gasteiger partial charge in [-0.3, -0.25) is 9.59 Å². The van der Waals surface area contributed by atoms with Crippen molar-refractivity contribution in [1.29, 1.82) is 0 Å². The zero-order valence-electron chi connectivity index (χ0n) is 16.8. The number of nitrogens with zero attached hydrogens (tertiary/aromatic N) is 1. The quantitative estimate of drug-likeness (QED) is 0.471. The number of anilines is 1. The molecular formula is C24H22N2O3S. The van der Waals surface area contributed by atoms with Crippen LogP contribution in [0.2, 0.25) is 0 Å². The summed E-state index contributed by atoms with van der Waals surface area (Å²) in [5, 5.41) is 2.81. The van der Waals surface area contributed by atoms with Gasteiger partial charge in [0.15, 0.2) is 0 Å². The topological polar surface area (TPSA) is 62.4 Å². The maximum absolute atomic E-state index is 13.2. The number of thiophene rings is 1. The molecule has 0 aliphatic heterocycles. The average Bonchev–Trinajstić information content (AvgIpc) is 3.28. The molecule has 4 rings (SSSR count). The second-order valence-corrected chi connectivity index (χ2v) is 7.96. The van der Waals surface area contributed by atoms with E-state index in [4.69, 9.17) is 4.74 Å². The number of hydrogen-bond donors (Lipinski definition) is 1. The van der Waals surface area contributed by atoms with Crippen molar-refractivity contribution in [3.63, 3.8) is 0 Å². The van der Waals surface area contributed by atoms with Gasteiger partial charge in [0.25, 0.3) is 11.5 Å². The largest absolute Gasteiger partial charge is 0.494 e. The molecule has 2 aromatic heterocycles. The molecule has 0 unspecified atom stereocenters. The lowest BCUT2D eigenvalue weighted by atomic mass is 10.1. The Morgan fingerprint density at radius 3 is 2.60 bits per heavy atom. The number of benzene rings is 2. The second kappa shape index (κ2) is 8.55. The Labute approximate surface area is 178 Å². The Hall–Kier alpha value is -3.38. The van der Waals surface area contributed by atoms with E-state index in [1.165, 1.54) is 11.3 Å². The summed E-state index contributed by atoms with van der Waals surface area (Å²) in [6.07, 6.45) is 0. The Bertz CT molecular complexity index is 1230. The maximum atomic E-state index is 13.2. The van der Waals surface area contributed by atoms with Crippen molar-refractivity contribution in [2.75, 3.05) is 11.5 Å². The second-order valence-electron chi connectivity index (χ2n) is 7.01. The number of nitrogens with one attached hydrogen (secondary N) is 1. The highest BCUT2D eigenvalue weighted by molar-refractivity contribution is 7.12. The molecule has 1 N–H and O–H groups in total. The number of aryl methyl sites for hydroxylation is 1. The molecule has 4 aromatic rings. The van der Waals surface area contributed by atoms with E-state index in [0.29, 0.717) is 22.7 Å². The first-order valence-electron chi connectivity index (χ1n) is 9.76. The third-order valence-corrected chi connectivity index (χ3v) is 5.70. The van der Waals surface area contributed by atoms with Crippen molar-refractivity contribution in [3.8, 4) is 5.75 Å². The van der Waals surface area contributed by atoms with Crippen LogP contribution in [-0.2, 0) is 6.54 Å². The zero-order valence-corrected chi connectivity index (χ0v) is 17.7. The summed E-state index contributed by atoms with van der Waals surface area (Å²) in [5.41, 5.74) is 2.94. The van der Waals surface area contributed by atoms with Crippen LogP contribution in [-0.4, -0.2) is 17.5 Å². The van der Waals surface area contributed by atoms with Gasteiger partial charge in [0.1, 0.15) is 5.75 Å². The zero-order chi connectivity index (χ0) is 21.1. The SMILES string of the molecule is CCOc1ccc(N(Cc2cc3cc(C)ccc3[nH]c2=O)C(=O)c2cccs2)cc1. The monoisotopic (exact) mass is 418 g/mol. The lowest BCUT2D eigenvalue weighted by Crippen LogP contribution is -2.32. The van der Waals surface area contributed by atoms with Crippen LogP contribution in [0, 0.1) is 6.92 Å². The van der Waals surface area contributed by atoms with Gasteiger partial charge in [0.05, 0.1) is 18.0 Å². The van der Waals surface area contributed by atoms with Crippen molar-refractivity contribution in [2.24, 2.45) is 0 Å². The van der Waals surface area contributed by atoms with Gasteiger partial charge >= 0.3 is 0 Å². The van der Waals surface area contributed by atoms with Crippen molar-refractivity contribution < 1.29 is 9.53 Å². The fourth-order valence-corrected chi connectivity index (χ4v) is 4.03. The summed E-state index contributed by atoms with van der Waals surface area (Å²) in [6, 6.07) is 18.8. The summed E-state index contributed by atoms with van der Waals surface area (Å²) in [5.74, 6) is 0.599. The highest BCUT2D eigenvalue weighted by Crippen LogP contribution is 2.25. The van der Waals surface area contributed by atoms with E-state index in [9.17, 15) is 9.59 Å². The van der Waals surface area contributed by atoms with Crippen molar-refractivity contribution in [1.82, 2.24) is 4.98 Å². The van der Waals surface area contributed by atoms with Gasteiger partial charge in [-0.05, 0) is 73.1 Å².